The van der Waals surface area contributed by atoms with Crippen LogP contribution in [0.4, 0.5) is 0 Å². The van der Waals surface area contributed by atoms with E-state index < -0.39 is 0 Å². The summed E-state index contributed by atoms with van der Waals surface area (Å²) in [6.45, 7) is 7.65. The van der Waals surface area contributed by atoms with Gasteiger partial charge in [-0.05, 0) is 26.8 Å². The van der Waals surface area contributed by atoms with Crippen LogP contribution in [0.2, 0.25) is 0 Å². The number of carbonyl (C=O) groups is 1. The molecule has 0 N–H and O–H groups in total. The molecule has 0 radical (unpaired) electrons. The zero-order valence-corrected chi connectivity index (χ0v) is 14.0. The second kappa shape index (κ2) is 10.4. The first kappa shape index (κ1) is 17.7. The first-order valence-corrected chi connectivity index (χ1v) is 8.95. The maximum Gasteiger partial charge on any atom is 0.151 e. The first-order valence-electron chi connectivity index (χ1n) is 8.95. The van der Waals surface area contributed by atoms with E-state index in [1.807, 2.05) is 0 Å². The van der Waals surface area contributed by atoms with Crippen molar-refractivity contribution in [2.45, 2.75) is 103 Å². The van der Waals surface area contributed by atoms with Crippen molar-refractivity contribution in [1.82, 2.24) is 4.90 Å². The van der Waals surface area contributed by atoms with Gasteiger partial charge < -0.3 is 0 Å². The largest absolute Gasteiger partial charge is 0.298 e. The van der Waals surface area contributed by atoms with E-state index in [0.717, 1.165) is 13.0 Å². The van der Waals surface area contributed by atoms with Gasteiger partial charge in [-0.2, -0.15) is 0 Å². The van der Waals surface area contributed by atoms with E-state index in [-0.39, 0.29) is 6.04 Å². The van der Waals surface area contributed by atoms with Gasteiger partial charge in [0.1, 0.15) is 0 Å². The fourth-order valence-corrected chi connectivity index (χ4v) is 3.34. The minimum Gasteiger partial charge on any atom is -0.298 e. The van der Waals surface area contributed by atoms with Crippen LogP contribution in [0.15, 0.2) is 0 Å². The van der Waals surface area contributed by atoms with Gasteiger partial charge in [-0.3, -0.25) is 9.69 Å². The molecule has 2 unspecified atom stereocenters. The molecule has 2 atom stereocenters. The van der Waals surface area contributed by atoms with Crippen molar-refractivity contribution in [3.05, 3.63) is 0 Å². The van der Waals surface area contributed by atoms with Gasteiger partial charge in [-0.1, -0.05) is 64.7 Å². The quantitative estimate of drug-likeness (QED) is 0.499. The molecule has 1 saturated heterocycles. The van der Waals surface area contributed by atoms with Crippen LogP contribution in [-0.4, -0.2) is 29.3 Å². The lowest BCUT2D eigenvalue weighted by Gasteiger charge is -2.24. The minimum absolute atomic E-state index is 0.170. The number of unbranched alkanes of at least 4 members (excludes halogenated alkanes) is 9. The number of rotatable bonds is 11. The smallest absolute Gasteiger partial charge is 0.151 e. The van der Waals surface area contributed by atoms with E-state index in [9.17, 15) is 4.79 Å². The first-order chi connectivity index (χ1) is 9.66. The molecule has 1 aliphatic rings. The SMILES string of the molecule is CCCCCCCCCCCCN1C(C)CC(=O)C1C. The van der Waals surface area contributed by atoms with Gasteiger partial charge in [0.05, 0.1) is 6.04 Å². The fraction of sp³-hybridized carbons (Fsp3) is 0.944. The Balaban J connectivity index is 1.91. The maximum absolute atomic E-state index is 11.6. The Morgan fingerprint density at radius 1 is 0.900 bits per heavy atom. The summed E-state index contributed by atoms with van der Waals surface area (Å²) in [7, 11) is 0. The number of nitrogens with zero attached hydrogens (tertiary/aromatic N) is 1. The summed E-state index contributed by atoms with van der Waals surface area (Å²) in [5, 5.41) is 0. The van der Waals surface area contributed by atoms with Crippen LogP contribution < -0.4 is 0 Å². The van der Waals surface area contributed by atoms with E-state index >= 15 is 0 Å². The lowest BCUT2D eigenvalue weighted by Crippen LogP contribution is -2.35. The summed E-state index contributed by atoms with van der Waals surface area (Å²) in [5.74, 6) is 0.435. The summed E-state index contributed by atoms with van der Waals surface area (Å²) in [6.07, 6.45) is 14.6. The van der Waals surface area contributed by atoms with Gasteiger partial charge in [0.2, 0.25) is 0 Å². The van der Waals surface area contributed by atoms with Crippen molar-refractivity contribution in [1.29, 1.82) is 0 Å². The number of likely N-dealkylation sites (tertiary alicyclic amines) is 1. The van der Waals surface area contributed by atoms with Gasteiger partial charge in [0, 0.05) is 12.5 Å². The molecule has 118 valence electrons. The third kappa shape index (κ3) is 6.39. The number of hydrogen-bond donors (Lipinski definition) is 0. The minimum atomic E-state index is 0.170. The van der Waals surface area contributed by atoms with E-state index in [0.29, 0.717) is 11.8 Å². The predicted octanol–water partition coefficient (Wildman–Crippen LogP) is 4.96. The third-order valence-corrected chi connectivity index (χ3v) is 4.80. The second-order valence-electron chi connectivity index (χ2n) is 6.62. The molecular formula is C18H35NO. The molecule has 1 heterocycles. The molecule has 0 bridgehead atoms. The van der Waals surface area contributed by atoms with Gasteiger partial charge >= 0.3 is 0 Å². The van der Waals surface area contributed by atoms with Crippen LogP contribution in [0.5, 0.6) is 0 Å². The number of hydrogen-bond acceptors (Lipinski definition) is 2. The Bertz CT molecular complexity index is 264. The molecule has 20 heavy (non-hydrogen) atoms. The van der Waals surface area contributed by atoms with Crippen molar-refractivity contribution < 1.29 is 4.79 Å². The molecule has 0 amide bonds. The predicted molar refractivity (Wildman–Crippen MR) is 87.1 cm³/mol. The molecule has 0 aromatic heterocycles. The third-order valence-electron chi connectivity index (χ3n) is 4.80. The Hall–Kier alpha value is -0.370. The highest BCUT2D eigenvalue weighted by Gasteiger charge is 2.33. The molecule has 1 aliphatic heterocycles. The molecule has 0 aromatic rings. The highest BCUT2D eigenvalue weighted by Crippen LogP contribution is 2.21. The van der Waals surface area contributed by atoms with Crippen molar-refractivity contribution in [3.63, 3.8) is 0 Å². The molecule has 1 rings (SSSR count). The average molecular weight is 281 g/mol. The van der Waals surface area contributed by atoms with Crippen molar-refractivity contribution in [2.75, 3.05) is 6.54 Å². The Kier molecular flexibility index (Phi) is 9.17. The van der Waals surface area contributed by atoms with Crippen LogP contribution in [0, 0.1) is 0 Å². The highest BCUT2D eigenvalue weighted by molar-refractivity contribution is 5.86. The van der Waals surface area contributed by atoms with Crippen molar-refractivity contribution in [3.8, 4) is 0 Å². The van der Waals surface area contributed by atoms with Crippen LogP contribution in [0.1, 0.15) is 91.4 Å². The molecule has 2 heteroatoms. The molecule has 1 fully saturated rings. The van der Waals surface area contributed by atoms with E-state index in [4.69, 9.17) is 0 Å². The number of carbonyl (C=O) groups excluding carboxylic acids is 1. The monoisotopic (exact) mass is 281 g/mol. The van der Waals surface area contributed by atoms with E-state index in [1.165, 1.54) is 64.2 Å². The Labute approximate surface area is 126 Å². The molecular weight excluding hydrogens is 246 g/mol. The normalized spacial score (nSPS) is 23.6. The zero-order chi connectivity index (χ0) is 14.8. The Morgan fingerprint density at radius 3 is 1.85 bits per heavy atom. The van der Waals surface area contributed by atoms with E-state index in [1.54, 1.807) is 0 Å². The number of ketones is 1. The number of Topliss-reactive ketones (excluding diaryl/α,β-unsaturated/α-hetero) is 1. The van der Waals surface area contributed by atoms with Crippen molar-refractivity contribution in [2.24, 2.45) is 0 Å². The zero-order valence-electron chi connectivity index (χ0n) is 14.0. The van der Waals surface area contributed by atoms with Crippen molar-refractivity contribution >= 4 is 5.78 Å². The van der Waals surface area contributed by atoms with Crippen LogP contribution in [0.25, 0.3) is 0 Å². The molecule has 2 nitrogen and oxygen atoms in total. The Morgan fingerprint density at radius 2 is 1.40 bits per heavy atom. The van der Waals surface area contributed by atoms with Crippen LogP contribution in [0.3, 0.4) is 0 Å². The topological polar surface area (TPSA) is 20.3 Å². The molecule has 0 saturated carbocycles. The fourth-order valence-electron chi connectivity index (χ4n) is 3.34. The van der Waals surface area contributed by atoms with Crippen LogP contribution >= 0.6 is 0 Å². The molecule has 0 aliphatic carbocycles. The summed E-state index contributed by atoms with van der Waals surface area (Å²) in [4.78, 5) is 14.0. The van der Waals surface area contributed by atoms with Crippen LogP contribution in [-0.2, 0) is 4.79 Å². The van der Waals surface area contributed by atoms with Gasteiger partial charge in [0.15, 0.2) is 5.78 Å². The molecule has 0 aromatic carbocycles. The lowest BCUT2D eigenvalue weighted by atomic mass is 10.1. The highest BCUT2D eigenvalue weighted by atomic mass is 16.1. The summed E-state index contributed by atoms with van der Waals surface area (Å²) >= 11 is 0. The van der Waals surface area contributed by atoms with Gasteiger partial charge in [0.25, 0.3) is 0 Å². The van der Waals surface area contributed by atoms with Gasteiger partial charge in [-0.25, -0.2) is 0 Å². The van der Waals surface area contributed by atoms with E-state index in [2.05, 4.69) is 25.7 Å². The lowest BCUT2D eigenvalue weighted by molar-refractivity contribution is -0.119. The second-order valence-corrected chi connectivity index (χ2v) is 6.62. The summed E-state index contributed by atoms with van der Waals surface area (Å²) in [5.41, 5.74) is 0. The summed E-state index contributed by atoms with van der Waals surface area (Å²) < 4.78 is 0. The molecule has 0 spiro atoms. The standard InChI is InChI=1S/C18H35NO/c1-4-5-6-7-8-9-10-11-12-13-14-19-16(2)15-18(20)17(19)3/h16-17H,4-15H2,1-3H3. The van der Waals surface area contributed by atoms with Gasteiger partial charge in [-0.15, -0.1) is 0 Å². The maximum atomic E-state index is 11.6. The summed E-state index contributed by atoms with van der Waals surface area (Å²) in [6, 6.07) is 0.639. The average Bonchev–Trinajstić information content (AvgIpc) is 2.67.